The molecule has 0 radical (unpaired) electrons. The van der Waals surface area contributed by atoms with Crippen molar-refractivity contribution in [3.05, 3.63) is 69.7 Å². The number of rotatable bonds is 1. The lowest BCUT2D eigenvalue weighted by Crippen LogP contribution is -2.06. The van der Waals surface area contributed by atoms with Gasteiger partial charge in [0, 0.05) is 5.02 Å². The second-order valence-electron chi connectivity index (χ2n) is 5.33. The van der Waals surface area contributed by atoms with Crippen LogP contribution in [-0.2, 0) is 12.8 Å². The number of halogens is 1. The summed E-state index contributed by atoms with van der Waals surface area (Å²) < 4.78 is 0. The molecule has 2 aromatic carbocycles. The van der Waals surface area contributed by atoms with Crippen LogP contribution < -0.4 is 5.32 Å². The normalized spacial score (nSPS) is 16.2. The first-order valence-electron chi connectivity index (χ1n) is 7.28. The van der Waals surface area contributed by atoms with Crippen molar-refractivity contribution >= 4 is 11.6 Å². The van der Waals surface area contributed by atoms with Crippen molar-refractivity contribution in [3.8, 4) is 11.8 Å². The molecule has 1 nitrogen and oxygen atoms in total. The predicted molar refractivity (Wildman–Crippen MR) is 88.8 cm³/mol. The van der Waals surface area contributed by atoms with Crippen LogP contribution in [0, 0.1) is 11.8 Å². The summed E-state index contributed by atoms with van der Waals surface area (Å²) >= 11 is 6.22. The first kappa shape index (κ1) is 14.2. The summed E-state index contributed by atoms with van der Waals surface area (Å²) in [4.78, 5) is 0. The molecule has 0 spiro atoms. The van der Waals surface area contributed by atoms with Crippen molar-refractivity contribution in [2.24, 2.45) is 0 Å². The number of fused-ring (bicyclic) bond motifs is 2. The van der Waals surface area contributed by atoms with E-state index in [1.54, 1.807) is 0 Å². The van der Waals surface area contributed by atoms with Gasteiger partial charge >= 0.3 is 0 Å². The van der Waals surface area contributed by atoms with Gasteiger partial charge in [0.25, 0.3) is 0 Å². The van der Waals surface area contributed by atoms with Crippen molar-refractivity contribution in [3.63, 3.8) is 0 Å². The lowest BCUT2D eigenvalue weighted by atomic mass is 9.88. The first-order valence-corrected chi connectivity index (χ1v) is 7.66. The molecule has 0 aromatic heterocycles. The molecule has 2 heteroatoms. The van der Waals surface area contributed by atoms with E-state index >= 15 is 0 Å². The van der Waals surface area contributed by atoms with Crippen LogP contribution in [0.2, 0.25) is 5.02 Å². The minimum Gasteiger partial charge on any atom is -0.309 e. The topological polar surface area (TPSA) is 12.0 Å². The van der Waals surface area contributed by atoms with Crippen LogP contribution in [0.25, 0.3) is 0 Å². The zero-order valence-electron chi connectivity index (χ0n) is 12.1. The molecule has 1 atom stereocenters. The van der Waals surface area contributed by atoms with E-state index in [2.05, 4.69) is 53.6 Å². The van der Waals surface area contributed by atoms with Crippen LogP contribution >= 0.6 is 11.6 Å². The van der Waals surface area contributed by atoms with Crippen molar-refractivity contribution in [1.82, 2.24) is 5.32 Å². The van der Waals surface area contributed by atoms with Crippen LogP contribution in [0.4, 0.5) is 0 Å². The molecule has 2 aromatic rings. The Kier molecular flexibility index (Phi) is 4.29. The summed E-state index contributed by atoms with van der Waals surface area (Å²) in [6.45, 7) is 0.703. The number of aryl methyl sites for hydroxylation is 2. The van der Waals surface area contributed by atoms with Crippen molar-refractivity contribution in [2.75, 3.05) is 13.6 Å². The lowest BCUT2D eigenvalue weighted by molar-refractivity contribution is 0.934. The van der Waals surface area contributed by atoms with Crippen molar-refractivity contribution in [2.45, 2.75) is 18.8 Å². The molecule has 0 bridgehead atoms. The second kappa shape index (κ2) is 6.35. The van der Waals surface area contributed by atoms with E-state index in [1.165, 1.54) is 22.3 Å². The third-order valence-electron chi connectivity index (χ3n) is 3.96. The molecule has 1 aliphatic carbocycles. The van der Waals surface area contributed by atoms with Crippen molar-refractivity contribution in [1.29, 1.82) is 0 Å². The van der Waals surface area contributed by atoms with Gasteiger partial charge in [-0.1, -0.05) is 53.8 Å². The Morgan fingerprint density at radius 1 is 1.10 bits per heavy atom. The molecule has 0 aliphatic heterocycles. The molecule has 106 valence electrons. The summed E-state index contributed by atoms with van der Waals surface area (Å²) in [6, 6.07) is 14.8. The lowest BCUT2D eigenvalue weighted by Gasteiger charge is -2.15. The molecule has 21 heavy (non-hydrogen) atoms. The summed E-state index contributed by atoms with van der Waals surface area (Å²) in [6.07, 6.45) is 2.11. The third kappa shape index (κ3) is 2.97. The van der Waals surface area contributed by atoms with Gasteiger partial charge in [-0.2, -0.15) is 0 Å². The second-order valence-corrected chi connectivity index (χ2v) is 5.76. The maximum Gasteiger partial charge on any atom is 0.0708 e. The number of benzene rings is 2. The Bertz CT molecular complexity index is 709. The largest absolute Gasteiger partial charge is 0.309 e. The maximum atomic E-state index is 6.22. The highest BCUT2D eigenvalue weighted by atomic mass is 35.5. The number of hydrogen-bond donors (Lipinski definition) is 1. The smallest absolute Gasteiger partial charge is 0.0708 e. The fourth-order valence-corrected chi connectivity index (χ4v) is 3.12. The molecule has 0 fully saturated rings. The summed E-state index contributed by atoms with van der Waals surface area (Å²) in [5.41, 5.74) is 5.34. The van der Waals surface area contributed by atoms with Crippen LogP contribution in [-0.4, -0.2) is 13.6 Å². The average molecular weight is 296 g/mol. The van der Waals surface area contributed by atoms with Crippen LogP contribution in [0.1, 0.15) is 28.2 Å². The highest BCUT2D eigenvalue weighted by molar-refractivity contribution is 6.30. The van der Waals surface area contributed by atoms with E-state index in [4.69, 9.17) is 11.6 Å². The molecule has 0 saturated carbocycles. The zero-order valence-corrected chi connectivity index (χ0v) is 12.9. The molecule has 1 N–H and O–H groups in total. The van der Waals surface area contributed by atoms with Crippen molar-refractivity contribution < 1.29 is 0 Å². The van der Waals surface area contributed by atoms with Gasteiger partial charge in [0.05, 0.1) is 12.5 Å². The molecular formula is C19H18ClN. The number of hydrogen-bond acceptors (Lipinski definition) is 1. The Morgan fingerprint density at radius 2 is 1.86 bits per heavy atom. The highest BCUT2D eigenvalue weighted by Crippen LogP contribution is 2.35. The standard InChI is InChI=1S/C19H18ClN/c1-21-12-4-7-18-17-6-3-2-5-14(17)8-9-15-10-11-16(20)13-19(15)18/h2-3,5-6,10-11,13,18,21H,8-9,12H2,1H3. The first-order chi connectivity index (χ1) is 10.3. The number of nitrogens with one attached hydrogen (secondary N) is 1. The summed E-state index contributed by atoms with van der Waals surface area (Å²) in [7, 11) is 1.92. The van der Waals surface area contributed by atoms with E-state index in [9.17, 15) is 0 Å². The Labute approximate surface area is 131 Å². The van der Waals surface area contributed by atoms with E-state index in [-0.39, 0.29) is 5.92 Å². The minimum atomic E-state index is 0.116. The highest BCUT2D eigenvalue weighted by Gasteiger charge is 2.22. The van der Waals surface area contributed by atoms with Gasteiger partial charge in [0.15, 0.2) is 0 Å². The predicted octanol–water partition coefficient (Wildman–Crippen LogP) is 3.79. The molecule has 0 amide bonds. The van der Waals surface area contributed by atoms with Gasteiger partial charge in [-0.05, 0) is 54.3 Å². The van der Waals surface area contributed by atoms with E-state index in [0.717, 1.165) is 17.9 Å². The molecule has 0 saturated heterocycles. The van der Waals surface area contributed by atoms with Crippen LogP contribution in [0.3, 0.4) is 0 Å². The third-order valence-corrected chi connectivity index (χ3v) is 4.20. The SMILES string of the molecule is CNCC#CC1c2ccccc2CCc2ccc(Cl)cc21. The molecule has 3 rings (SSSR count). The zero-order chi connectivity index (χ0) is 14.7. The van der Waals surface area contributed by atoms with E-state index in [0.29, 0.717) is 6.54 Å². The fraction of sp³-hybridized carbons (Fsp3) is 0.263. The Hall–Kier alpha value is -1.75. The fourth-order valence-electron chi connectivity index (χ4n) is 2.94. The maximum absolute atomic E-state index is 6.22. The molecular weight excluding hydrogens is 278 g/mol. The van der Waals surface area contributed by atoms with Gasteiger partial charge < -0.3 is 5.32 Å². The quantitative estimate of drug-likeness (QED) is 0.789. The monoisotopic (exact) mass is 295 g/mol. The Morgan fingerprint density at radius 3 is 2.67 bits per heavy atom. The summed E-state index contributed by atoms with van der Waals surface area (Å²) in [5, 5.41) is 3.87. The molecule has 0 heterocycles. The van der Waals surface area contributed by atoms with Crippen LogP contribution in [0.15, 0.2) is 42.5 Å². The van der Waals surface area contributed by atoms with Crippen LogP contribution in [0.5, 0.6) is 0 Å². The molecule has 1 aliphatic rings. The van der Waals surface area contributed by atoms with Gasteiger partial charge in [-0.25, -0.2) is 0 Å². The average Bonchev–Trinajstić information content (AvgIpc) is 2.65. The van der Waals surface area contributed by atoms with E-state index in [1.807, 2.05) is 13.1 Å². The summed E-state index contributed by atoms with van der Waals surface area (Å²) in [5.74, 6) is 6.78. The molecule has 1 unspecified atom stereocenters. The van der Waals surface area contributed by atoms with Gasteiger partial charge in [0.1, 0.15) is 0 Å². The van der Waals surface area contributed by atoms with Gasteiger partial charge in [-0.3, -0.25) is 0 Å². The minimum absolute atomic E-state index is 0.116. The van der Waals surface area contributed by atoms with Gasteiger partial charge in [-0.15, -0.1) is 0 Å². The van der Waals surface area contributed by atoms with E-state index < -0.39 is 0 Å². The Balaban J connectivity index is 2.15. The van der Waals surface area contributed by atoms with Gasteiger partial charge in [0.2, 0.25) is 0 Å².